The molecule has 1 saturated carbocycles. The largest absolute Gasteiger partial charge is 0.355 e. The minimum atomic E-state index is -0.220. The zero-order chi connectivity index (χ0) is 19.8. The van der Waals surface area contributed by atoms with Crippen LogP contribution in [0.4, 0.5) is 11.5 Å². The van der Waals surface area contributed by atoms with E-state index < -0.39 is 0 Å². The number of hydrogen-bond donors (Lipinski definition) is 1. The Bertz CT molecular complexity index is 903. The standard InChI is InChI=1S/C19H25N7O2/c1-4-14-18(28)24(3)15-10-21-19(25-11-12(9-22-25)17(27)20-2)23-16(15)26(14)13-7-5-6-8-13/h9-11,13-14H,4-8H2,1-3H3,(H,20,27). The highest BCUT2D eigenvalue weighted by atomic mass is 16.2. The van der Waals surface area contributed by atoms with Gasteiger partial charge in [-0.3, -0.25) is 9.59 Å². The van der Waals surface area contributed by atoms with Crippen molar-refractivity contribution in [3.05, 3.63) is 24.2 Å². The molecule has 1 atom stereocenters. The van der Waals surface area contributed by atoms with Crippen LogP contribution in [-0.2, 0) is 4.79 Å². The molecule has 9 heteroatoms. The Morgan fingerprint density at radius 1 is 1.29 bits per heavy atom. The third kappa shape index (κ3) is 2.90. The Hall–Kier alpha value is -2.97. The molecule has 2 aromatic rings. The summed E-state index contributed by atoms with van der Waals surface area (Å²) in [5.74, 6) is 1.02. The van der Waals surface area contributed by atoms with Gasteiger partial charge in [-0.05, 0) is 19.3 Å². The number of rotatable bonds is 4. The van der Waals surface area contributed by atoms with Gasteiger partial charge in [-0.25, -0.2) is 9.67 Å². The fraction of sp³-hybridized carbons (Fsp3) is 0.526. The van der Waals surface area contributed by atoms with Crippen LogP contribution in [0.1, 0.15) is 49.4 Å². The molecule has 0 bridgehead atoms. The van der Waals surface area contributed by atoms with Crippen LogP contribution in [0.5, 0.6) is 0 Å². The summed E-state index contributed by atoms with van der Waals surface area (Å²) < 4.78 is 1.50. The van der Waals surface area contributed by atoms with E-state index in [1.807, 2.05) is 6.92 Å². The van der Waals surface area contributed by atoms with Crippen LogP contribution in [0.25, 0.3) is 5.95 Å². The second kappa shape index (κ2) is 7.21. The normalized spacial score (nSPS) is 19.8. The minimum Gasteiger partial charge on any atom is -0.355 e. The summed E-state index contributed by atoms with van der Waals surface area (Å²) in [5.41, 5.74) is 1.15. The zero-order valence-electron chi connectivity index (χ0n) is 16.4. The van der Waals surface area contributed by atoms with Gasteiger partial charge in [0.15, 0.2) is 5.82 Å². The van der Waals surface area contributed by atoms with Gasteiger partial charge in [0.2, 0.25) is 5.91 Å². The van der Waals surface area contributed by atoms with Crippen LogP contribution in [-0.4, -0.2) is 57.7 Å². The molecule has 1 fully saturated rings. The molecule has 1 unspecified atom stereocenters. The highest BCUT2D eigenvalue weighted by molar-refractivity contribution is 6.04. The topological polar surface area (TPSA) is 96.2 Å². The van der Waals surface area contributed by atoms with E-state index in [0.29, 0.717) is 23.2 Å². The maximum atomic E-state index is 12.9. The molecular formula is C19H25N7O2. The summed E-state index contributed by atoms with van der Waals surface area (Å²) in [5, 5.41) is 6.81. The Labute approximate surface area is 163 Å². The predicted octanol–water partition coefficient (Wildman–Crippen LogP) is 1.53. The summed E-state index contributed by atoms with van der Waals surface area (Å²) in [6, 6.07) is 0.0885. The first kappa shape index (κ1) is 18.4. The van der Waals surface area contributed by atoms with Gasteiger partial charge in [0.25, 0.3) is 11.9 Å². The number of carbonyl (C=O) groups excluding carboxylic acids is 2. The van der Waals surface area contributed by atoms with Crippen LogP contribution in [0.3, 0.4) is 0 Å². The number of hydrogen-bond acceptors (Lipinski definition) is 6. The van der Waals surface area contributed by atoms with Crippen molar-refractivity contribution in [2.45, 2.75) is 51.1 Å². The Balaban J connectivity index is 1.78. The molecule has 148 valence electrons. The number of fused-ring (bicyclic) bond motifs is 1. The van der Waals surface area contributed by atoms with E-state index in [4.69, 9.17) is 4.98 Å². The van der Waals surface area contributed by atoms with Gasteiger partial charge in [-0.2, -0.15) is 10.1 Å². The number of amides is 2. The van der Waals surface area contributed by atoms with Crippen LogP contribution >= 0.6 is 0 Å². The highest BCUT2D eigenvalue weighted by Gasteiger charge is 2.41. The third-order valence-electron chi connectivity index (χ3n) is 5.68. The predicted molar refractivity (Wildman–Crippen MR) is 105 cm³/mol. The molecule has 0 radical (unpaired) electrons. The molecule has 9 nitrogen and oxygen atoms in total. The molecule has 2 aliphatic rings. The maximum absolute atomic E-state index is 12.9. The fourth-order valence-corrected chi connectivity index (χ4v) is 4.18. The molecule has 0 aromatic carbocycles. The van der Waals surface area contributed by atoms with E-state index >= 15 is 0 Å². The lowest BCUT2D eigenvalue weighted by Crippen LogP contribution is -2.55. The summed E-state index contributed by atoms with van der Waals surface area (Å²) in [4.78, 5) is 37.8. The number of anilines is 2. The van der Waals surface area contributed by atoms with Crippen LogP contribution in [0.15, 0.2) is 18.6 Å². The first-order valence-corrected chi connectivity index (χ1v) is 9.75. The lowest BCUT2D eigenvalue weighted by Gasteiger charge is -2.43. The van der Waals surface area contributed by atoms with Gasteiger partial charge < -0.3 is 15.1 Å². The average molecular weight is 383 g/mol. The second-order valence-corrected chi connectivity index (χ2v) is 7.30. The summed E-state index contributed by atoms with van der Waals surface area (Å²) in [7, 11) is 3.35. The van der Waals surface area contributed by atoms with Crippen LogP contribution < -0.4 is 15.1 Å². The highest BCUT2D eigenvalue weighted by Crippen LogP contribution is 2.39. The van der Waals surface area contributed by atoms with Crippen LogP contribution in [0.2, 0.25) is 0 Å². The van der Waals surface area contributed by atoms with Gasteiger partial charge >= 0.3 is 0 Å². The lowest BCUT2D eigenvalue weighted by molar-refractivity contribution is -0.120. The molecule has 2 aromatic heterocycles. The van der Waals surface area contributed by atoms with E-state index in [9.17, 15) is 9.59 Å². The number of carbonyl (C=O) groups is 2. The average Bonchev–Trinajstić information content (AvgIpc) is 3.41. The number of aromatic nitrogens is 4. The van der Waals surface area contributed by atoms with E-state index in [-0.39, 0.29) is 17.9 Å². The molecule has 0 saturated heterocycles. The molecule has 1 aliphatic carbocycles. The van der Waals surface area contributed by atoms with E-state index in [0.717, 1.165) is 25.1 Å². The van der Waals surface area contributed by atoms with E-state index in [1.54, 1.807) is 31.4 Å². The molecule has 2 amide bonds. The summed E-state index contributed by atoms with van der Waals surface area (Å²) in [6.45, 7) is 2.04. The van der Waals surface area contributed by atoms with Crippen molar-refractivity contribution in [1.82, 2.24) is 25.1 Å². The number of nitrogens with zero attached hydrogens (tertiary/aromatic N) is 6. The molecule has 3 heterocycles. The Kier molecular flexibility index (Phi) is 4.74. The monoisotopic (exact) mass is 383 g/mol. The summed E-state index contributed by atoms with van der Waals surface area (Å²) in [6.07, 6.45) is 9.96. The van der Waals surface area contributed by atoms with Crippen LogP contribution in [0, 0.1) is 0 Å². The van der Waals surface area contributed by atoms with Crippen molar-refractivity contribution in [1.29, 1.82) is 0 Å². The quantitative estimate of drug-likeness (QED) is 0.860. The summed E-state index contributed by atoms with van der Waals surface area (Å²) >= 11 is 0. The van der Waals surface area contributed by atoms with Crippen molar-refractivity contribution < 1.29 is 9.59 Å². The van der Waals surface area contributed by atoms with Gasteiger partial charge in [-0.15, -0.1) is 0 Å². The number of likely N-dealkylation sites (N-methyl/N-ethyl adjacent to an activating group) is 1. The van der Waals surface area contributed by atoms with Gasteiger partial charge in [0.05, 0.1) is 18.0 Å². The zero-order valence-corrected chi connectivity index (χ0v) is 16.4. The van der Waals surface area contributed by atoms with Crippen molar-refractivity contribution in [3.8, 4) is 5.95 Å². The first-order chi connectivity index (χ1) is 13.5. The molecule has 1 N–H and O–H groups in total. The Morgan fingerprint density at radius 3 is 2.71 bits per heavy atom. The van der Waals surface area contributed by atoms with Crippen molar-refractivity contribution in [2.24, 2.45) is 0 Å². The Morgan fingerprint density at radius 2 is 2.04 bits per heavy atom. The number of nitrogens with one attached hydrogen (secondary N) is 1. The molecular weight excluding hydrogens is 358 g/mol. The van der Waals surface area contributed by atoms with E-state index in [1.165, 1.54) is 23.7 Å². The molecule has 0 spiro atoms. The third-order valence-corrected chi connectivity index (χ3v) is 5.68. The SMILES string of the molecule is CCC1C(=O)N(C)c2cnc(-n3cc(C(=O)NC)cn3)nc2N1C1CCCC1. The molecule has 4 rings (SSSR count). The van der Waals surface area contributed by atoms with Gasteiger partial charge in [0.1, 0.15) is 11.7 Å². The lowest BCUT2D eigenvalue weighted by atomic mass is 10.0. The second-order valence-electron chi connectivity index (χ2n) is 7.30. The van der Waals surface area contributed by atoms with Gasteiger partial charge in [0, 0.05) is 26.3 Å². The molecule has 1 aliphatic heterocycles. The molecule has 28 heavy (non-hydrogen) atoms. The smallest absolute Gasteiger partial charge is 0.254 e. The fourth-order valence-electron chi connectivity index (χ4n) is 4.18. The first-order valence-electron chi connectivity index (χ1n) is 9.75. The van der Waals surface area contributed by atoms with Crippen molar-refractivity contribution in [3.63, 3.8) is 0 Å². The van der Waals surface area contributed by atoms with Crippen molar-refractivity contribution >= 4 is 23.3 Å². The van der Waals surface area contributed by atoms with Crippen molar-refractivity contribution in [2.75, 3.05) is 23.9 Å². The van der Waals surface area contributed by atoms with E-state index in [2.05, 4.69) is 20.3 Å². The minimum absolute atomic E-state index is 0.0826. The van der Waals surface area contributed by atoms with Gasteiger partial charge in [-0.1, -0.05) is 19.8 Å². The maximum Gasteiger partial charge on any atom is 0.254 e.